The van der Waals surface area contributed by atoms with Gasteiger partial charge in [-0.05, 0) is 31.0 Å². The SMILES string of the molecule is O=C1N(Cc2cn(CO[PH](=O)O)nn2)c2ccc(Cl)cc2C1(O)C#CC1CC1. The van der Waals surface area contributed by atoms with Crippen LogP contribution in [0.3, 0.4) is 0 Å². The number of halogens is 1. The molecule has 1 fully saturated rings. The first-order chi connectivity index (χ1) is 13.4. The zero-order valence-corrected chi connectivity index (χ0v) is 16.3. The maximum absolute atomic E-state index is 13.0. The standard InChI is InChI=1S/C17H16ClN4O5P/c18-12-3-4-15-14(7-12)17(24,6-5-11-1-2-11)16(23)22(15)9-13-8-21(20-19-13)10-27-28(25)26/h3-4,7-8,11,24,28H,1-2,9-10H2,(H,25,26). The number of aromatic nitrogens is 3. The van der Waals surface area contributed by atoms with Crippen LogP contribution in [0.4, 0.5) is 5.69 Å². The van der Waals surface area contributed by atoms with E-state index in [1.807, 2.05) is 0 Å². The van der Waals surface area contributed by atoms with Crippen LogP contribution >= 0.6 is 19.9 Å². The summed E-state index contributed by atoms with van der Waals surface area (Å²) in [6.07, 6.45) is 3.42. The van der Waals surface area contributed by atoms with Crippen molar-refractivity contribution in [2.24, 2.45) is 5.92 Å². The summed E-state index contributed by atoms with van der Waals surface area (Å²) in [7, 11) is -3.08. The molecule has 1 aromatic heterocycles. The summed E-state index contributed by atoms with van der Waals surface area (Å²) in [5, 5.41) is 19.2. The van der Waals surface area contributed by atoms with Crippen LogP contribution in [0.2, 0.25) is 5.02 Å². The van der Waals surface area contributed by atoms with E-state index in [1.54, 1.807) is 18.2 Å². The molecule has 0 radical (unpaired) electrons. The number of carbonyl (C=O) groups is 1. The first kappa shape index (κ1) is 19.1. The Kier molecular flexibility index (Phi) is 5.00. The Morgan fingerprint density at radius 2 is 2.21 bits per heavy atom. The molecule has 2 aromatic rings. The van der Waals surface area contributed by atoms with Gasteiger partial charge in [0.1, 0.15) is 12.4 Å². The van der Waals surface area contributed by atoms with Crippen LogP contribution in [0.25, 0.3) is 0 Å². The molecule has 1 saturated carbocycles. The minimum Gasteiger partial charge on any atom is -0.366 e. The molecule has 0 spiro atoms. The minimum absolute atomic E-state index is 0.0369. The predicted octanol–water partition coefficient (Wildman–Crippen LogP) is 1.44. The lowest BCUT2D eigenvalue weighted by Gasteiger charge is -2.17. The number of benzene rings is 1. The van der Waals surface area contributed by atoms with Crippen molar-refractivity contribution >= 4 is 31.5 Å². The van der Waals surface area contributed by atoms with Crippen LogP contribution in [-0.2, 0) is 32.8 Å². The summed E-state index contributed by atoms with van der Waals surface area (Å²) >= 11 is 6.07. The maximum Gasteiger partial charge on any atom is 0.318 e. The quantitative estimate of drug-likeness (QED) is 0.553. The van der Waals surface area contributed by atoms with Crippen LogP contribution in [0, 0.1) is 17.8 Å². The van der Waals surface area contributed by atoms with Gasteiger partial charge in [0.2, 0.25) is 5.60 Å². The van der Waals surface area contributed by atoms with Crippen LogP contribution in [0.5, 0.6) is 0 Å². The van der Waals surface area contributed by atoms with Gasteiger partial charge in [0.15, 0.2) is 0 Å². The topological polar surface area (TPSA) is 118 Å². The van der Waals surface area contributed by atoms with Gasteiger partial charge in [-0.25, -0.2) is 4.68 Å². The maximum atomic E-state index is 13.0. The lowest BCUT2D eigenvalue weighted by molar-refractivity contribution is -0.130. The van der Waals surface area contributed by atoms with E-state index in [-0.39, 0.29) is 19.2 Å². The fraction of sp³-hybridized carbons (Fsp3) is 0.353. The summed E-state index contributed by atoms with van der Waals surface area (Å²) < 4.78 is 16.5. The molecule has 1 amide bonds. The zero-order chi connectivity index (χ0) is 19.9. The molecule has 2 aliphatic rings. The second-order valence-corrected chi connectivity index (χ2v) is 7.85. The summed E-state index contributed by atoms with van der Waals surface area (Å²) in [6, 6.07) is 4.82. The molecule has 2 unspecified atom stereocenters. The minimum atomic E-state index is -3.08. The lowest BCUT2D eigenvalue weighted by atomic mass is 9.96. The molecule has 9 nitrogen and oxygen atoms in total. The third-order valence-electron chi connectivity index (χ3n) is 4.45. The second kappa shape index (κ2) is 7.32. The highest BCUT2D eigenvalue weighted by Gasteiger charge is 2.49. The second-order valence-electron chi connectivity index (χ2n) is 6.60. The Bertz CT molecular complexity index is 1030. The third-order valence-corrected chi connectivity index (χ3v) is 5.07. The summed E-state index contributed by atoms with van der Waals surface area (Å²) in [6.45, 7) is -0.201. The van der Waals surface area contributed by atoms with Crippen molar-refractivity contribution in [3.8, 4) is 11.8 Å². The highest BCUT2D eigenvalue weighted by Crippen LogP contribution is 2.42. The predicted molar refractivity (Wildman–Crippen MR) is 99.4 cm³/mol. The molecule has 1 aromatic carbocycles. The molecule has 2 N–H and O–H groups in total. The van der Waals surface area contributed by atoms with Crippen molar-refractivity contribution in [2.45, 2.75) is 31.7 Å². The number of anilines is 1. The van der Waals surface area contributed by atoms with Crippen molar-refractivity contribution in [1.82, 2.24) is 15.0 Å². The van der Waals surface area contributed by atoms with Crippen molar-refractivity contribution in [3.05, 3.63) is 40.7 Å². The molecular formula is C17H16ClN4O5P. The molecular weight excluding hydrogens is 407 g/mol. The van der Waals surface area contributed by atoms with Crippen LogP contribution in [0.15, 0.2) is 24.4 Å². The number of amides is 1. The molecule has 1 aliphatic carbocycles. The van der Waals surface area contributed by atoms with Gasteiger partial charge in [-0.2, -0.15) is 0 Å². The Hall–Kier alpha value is -2.21. The number of aliphatic hydroxyl groups is 1. The molecule has 0 saturated heterocycles. The monoisotopic (exact) mass is 422 g/mol. The summed E-state index contributed by atoms with van der Waals surface area (Å²) in [5.74, 6) is 5.33. The number of rotatable bonds is 5. The van der Waals surface area contributed by atoms with E-state index in [0.29, 0.717) is 22.0 Å². The number of carbonyl (C=O) groups excluding carboxylic acids is 1. The van der Waals surface area contributed by atoms with Crippen molar-refractivity contribution < 1.29 is 23.9 Å². The Balaban J connectivity index is 1.62. The molecule has 4 rings (SSSR count). The van der Waals surface area contributed by atoms with Gasteiger partial charge in [-0.1, -0.05) is 28.7 Å². The molecule has 2 heterocycles. The number of fused-ring (bicyclic) bond motifs is 1. The average Bonchev–Trinajstić information content (AvgIpc) is 3.35. The van der Waals surface area contributed by atoms with Gasteiger partial charge in [0.25, 0.3) is 5.91 Å². The van der Waals surface area contributed by atoms with Crippen molar-refractivity contribution in [1.29, 1.82) is 0 Å². The van der Waals surface area contributed by atoms with E-state index in [9.17, 15) is 14.5 Å². The first-order valence-corrected chi connectivity index (χ1v) is 10.1. The highest BCUT2D eigenvalue weighted by molar-refractivity contribution is 7.32. The summed E-state index contributed by atoms with van der Waals surface area (Å²) in [4.78, 5) is 23.1. The Morgan fingerprint density at radius 3 is 2.93 bits per heavy atom. The molecule has 146 valence electrons. The van der Waals surface area contributed by atoms with E-state index in [0.717, 1.165) is 12.8 Å². The van der Waals surface area contributed by atoms with Crippen molar-refractivity contribution in [2.75, 3.05) is 4.90 Å². The molecule has 11 heteroatoms. The van der Waals surface area contributed by atoms with E-state index >= 15 is 0 Å². The number of hydrogen-bond donors (Lipinski definition) is 2. The molecule has 0 bridgehead atoms. The van der Waals surface area contributed by atoms with E-state index < -0.39 is 19.8 Å². The van der Waals surface area contributed by atoms with E-state index in [4.69, 9.17) is 16.5 Å². The van der Waals surface area contributed by atoms with Crippen LogP contribution < -0.4 is 4.90 Å². The lowest BCUT2D eigenvalue weighted by Crippen LogP contribution is -2.39. The zero-order valence-electron chi connectivity index (χ0n) is 14.5. The van der Waals surface area contributed by atoms with E-state index in [2.05, 4.69) is 26.7 Å². The first-order valence-electron chi connectivity index (χ1n) is 8.48. The van der Waals surface area contributed by atoms with Gasteiger partial charge in [-0.15, -0.1) is 5.10 Å². The average molecular weight is 423 g/mol. The molecule has 1 aliphatic heterocycles. The van der Waals surface area contributed by atoms with Gasteiger partial charge in [0.05, 0.1) is 18.4 Å². The van der Waals surface area contributed by atoms with Gasteiger partial charge < -0.3 is 14.9 Å². The largest absolute Gasteiger partial charge is 0.366 e. The van der Waals surface area contributed by atoms with E-state index in [1.165, 1.54) is 15.8 Å². The van der Waals surface area contributed by atoms with Crippen molar-refractivity contribution in [3.63, 3.8) is 0 Å². The van der Waals surface area contributed by atoms with Gasteiger partial charge in [-0.3, -0.25) is 13.9 Å². The normalized spacial score (nSPS) is 22.0. The fourth-order valence-corrected chi connectivity index (χ4v) is 3.34. The number of hydrogen-bond acceptors (Lipinski definition) is 6. The van der Waals surface area contributed by atoms with Gasteiger partial charge >= 0.3 is 8.25 Å². The molecule has 28 heavy (non-hydrogen) atoms. The Morgan fingerprint density at radius 1 is 1.43 bits per heavy atom. The number of nitrogens with zero attached hydrogens (tertiary/aromatic N) is 4. The summed E-state index contributed by atoms with van der Waals surface area (Å²) in [5.41, 5.74) is -0.713. The fourth-order valence-electron chi connectivity index (χ4n) is 2.92. The Labute approximate surface area is 165 Å². The van der Waals surface area contributed by atoms with Crippen LogP contribution in [-0.4, -0.2) is 30.9 Å². The van der Waals surface area contributed by atoms with Crippen LogP contribution in [0.1, 0.15) is 24.1 Å². The molecule has 2 atom stereocenters. The smallest absolute Gasteiger partial charge is 0.318 e. The van der Waals surface area contributed by atoms with Gasteiger partial charge in [0, 0.05) is 16.5 Å². The highest BCUT2D eigenvalue weighted by atomic mass is 35.5. The third kappa shape index (κ3) is 3.70.